The first-order valence-corrected chi connectivity index (χ1v) is 9.64. The van der Waals surface area contributed by atoms with Crippen molar-refractivity contribution in [1.82, 2.24) is 20.4 Å². The predicted octanol–water partition coefficient (Wildman–Crippen LogP) is 2.07. The van der Waals surface area contributed by atoms with Gasteiger partial charge >= 0.3 is 6.18 Å². The molecule has 0 aliphatic carbocycles. The molecule has 0 aromatic carbocycles. The normalized spacial score (nSPS) is 18.3. The van der Waals surface area contributed by atoms with Gasteiger partial charge in [0.05, 0.1) is 6.54 Å². The van der Waals surface area contributed by atoms with Gasteiger partial charge in [-0.15, -0.1) is 0 Å². The van der Waals surface area contributed by atoms with Crippen molar-refractivity contribution < 1.29 is 18.0 Å². The highest BCUT2D eigenvalue weighted by molar-refractivity contribution is 5.84. The third-order valence-corrected chi connectivity index (χ3v) is 4.82. The Labute approximate surface area is 160 Å². The largest absolute Gasteiger partial charge is 0.401 e. The highest BCUT2D eigenvalue weighted by Crippen LogP contribution is 2.23. The minimum atomic E-state index is -4.12. The van der Waals surface area contributed by atoms with E-state index in [0.29, 0.717) is 31.5 Å². The molecule has 0 saturated carbocycles. The van der Waals surface area contributed by atoms with Gasteiger partial charge in [0.25, 0.3) is 0 Å². The zero-order chi connectivity index (χ0) is 20.4. The van der Waals surface area contributed by atoms with Crippen LogP contribution in [0, 0.1) is 5.92 Å². The third-order valence-electron chi connectivity index (χ3n) is 4.82. The van der Waals surface area contributed by atoms with Crippen molar-refractivity contribution in [3.05, 3.63) is 0 Å². The molecule has 1 fully saturated rings. The molecule has 158 valence electrons. The van der Waals surface area contributed by atoms with Gasteiger partial charge in [-0.3, -0.25) is 9.69 Å². The summed E-state index contributed by atoms with van der Waals surface area (Å²) in [6.07, 6.45) is -0.752. The van der Waals surface area contributed by atoms with Crippen molar-refractivity contribution in [3.8, 4) is 0 Å². The summed E-state index contributed by atoms with van der Waals surface area (Å²) in [7, 11) is 3.39. The van der Waals surface area contributed by atoms with E-state index in [1.54, 1.807) is 14.1 Å². The Morgan fingerprint density at radius 2 is 1.93 bits per heavy atom. The number of nitrogens with one attached hydrogen (secondary N) is 2. The van der Waals surface area contributed by atoms with E-state index in [-0.39, 0.29) is 18.5 Å². The van der Waals surface area contributed by atoms with Crippen molar-refractivity contribution in [1.29, 1.82) is 0 Å². The van der Waals surface area contributed by atoms with E-state index in [1.165, 1.54) is 9.80 Å². The molecule has 27 heavy (non-hydrogen) atoms. The van der Waals surface area contributed by atoms with E-state index < -0.39 is 12.7 Å². The summed E-state index contributed by atoms with van der Waals surface area (Å²) < 4.78 is 37.3. The van der Waals surface area contributed by atoms with Gasteiger partial charge in [0.15, 0.2) is 5.96 Å². The van der Waals surface area contributed by atoms with Crippen LogP contribution in [0.3, 0.4) is 0 Å². The molecule has 0 spiro atoms. The SMILES string of the molecule is CCC(C)NC(=NCC(=O)N(C)C)NCCC1CCN(CC(F)(F)F)CC1. The number of hydrogen-bond donors (Lipinski definition) is 2. The molecule has 0 aromatic heterocycles. The lowest BCUT2D eigenvalue weighted by atomic mass is 9.93. The number of halogens is 3. The van der Waals surface area contributed by atoms with E-state index in [2.05, 4.69) is 22.5 Å². The van der Waals surface area contributed by atoms with Gasteiger partial charge in [-0.2, -0.15) is 13.2 Å². The topological polar surface area (TPSA) is 60.0 Å². The highest BCUT2D eigenvalue weighted by atomic mass is 19.4. The molecule has 2 N–H and O–H groups in total. The molecular weight excluding hydrogens is 359 g/mol. The quantitative estimate of drug-likeness (QED) is 0.490. The lowest BCUT2D eigenvalue weighted by molar-refractivity contribution is -0.148. The fourth-order valence-corrected chi connectivity index (χ4v) is 2.86. The molecule has 6 nitrogen and oxygen atoms in total. The molecule has 1 heterocycles. The Morgan fingerprint density at radius 1 is 1.30 bits per heavy atom. The fraction of sp³-hybridized carbons (Fsp3) is 0.889. The number of rotatable bonds is 8. The van der Waals surface area contributed by atoms with Crippen LogP contribution in [0.1, 0.15) is 39.5 Å². The second kappa shape index (κ2) is 11.4. The van der Waals surface area contributed by atoms with E-state index >= 15 is 0 Å². The van der Waals surface area contributed by atoms with Crippen molar-refractivity contribution in [2.75, 3.05) is 46.8 Å². The molecule has 0 aromatic rings. The smallest absolute Gasteiger partial charge is 0.356 e. The van der Waals surface area contributed by atoms with Crippen LogP contribution in [0.5, 0.6) is 0 Å². The maximum absolute atomic E-state index is 12.4. The second-order valence-electron chi connectivity index (χ2n) is 7.46. The fourth-order valence-electron chi connectivity index (χ4n) is 2.86. The predicted molar refractivity (Wildman–Crippen MR) is 102 cm³/mol. The van der Waals surface area contributed by atoms with Crippen LogP contribution >= 0.6 is 0 Å². The Balaban J connectivity index is 2.40. The number of likely N-dealkylation sites (N-methyl/N-ethyl adjacent to an activating group) is 1. The number of piperidine rings is 1. The molecule has 1 amide bonds. The van der Waals surface area contributed by atoms with Crippen molar-refractivity contribution in [3.63, 3.8) is 0 Å². The molecule has 9 heteroatoms. The molecule has 1 aliphatic rings. The number of guanidine groups is 1. The summed E-state index contributed by atoms with van der Waals surface area (Å²) in [5, 5.41) is 6.52. The van der Waals surface area contributed by atoms with E-state index in [0.717, 1.165) is 25.7 Å². The van der Waals surface area contributed by atoms with Crippen molar-refractivity contribution >= 4 is 11.9 Å². The van der Waals surface area contributed by atoms with Gasteiger partial charge in [0, 0.05) is 26.7 Å². The molecule has 1 atom stereocenters. The Morgan fingerprint density at radius 3 is 2.44 bits per heavy atom. The molecule has 1 aliphatic heterocycles. The third kappa shape index (κ3) is 10.4. The van der Waals surface area contributed by atoms with E-state index in [9.17, 15) is 18.0 Å². The van der Waals surface area contributed by atoms with Crippen LogP contribution in [0.25, 0.3) is 0 Å². The zero-order valence-electron chi connectivity index (χ0n) is 16.9. The average Bonchev–Trinajstić information content (AvgIpc) is 2.59. The number of carbonyl (C=O) groups excluding carboxylic acids is 1. The lowest BCUT2D eigenvalue weighted by Crippen LogP contribution is -2.44. The number of amides is 1. The minimum absolute atomic E-state index is 0.0720. The van der Waals surface area contributed by atoms with Gasteiger partial charge in [-0.1, -0.05) is 6.92 Å². The first-order chi connectivity index (χ1) is 12.6. The molecule has 1 saturated heterocycles. The number of likely N-dealkylation sites (tertiary alicyclic amines) is 1. The summed E-state index contributed by atoms with van der Waals surface area (Å²) in [6.45, 7) is 5.04. The maximum atomic E-state index is 12.4. The molecule has 0 bridgehead atoms. The van der Waals surface area contributed by atoms with Gasteiger partial charge in [0.2, 0.25) is 5.91 Å². The van der Waals surface area contributed by atoms with Crippen LogP contribution in [0.15, 0.2) is 4.99 Å². The van der Waals surface area contributed by atoms with Crippen LogP contribution in [-0.4, -0.2) is 80.7 Å². The average molecular weight is 393 g/mol. The monoisotopic (exact) mass is 393 g/mol. The van der Waals surface area contributed by atoms with E-state index in [4.69, 9.17) is 0 Å². The van der Waals surface area contributed by atoms with Crippen molar-refractivity contribution in [2.24, 2.45) is 10.9 Å². The second-order valence-corrected chi connectivity index (χ2v) is 7.46. The highest BCUT2D eigenvalue weighted by Gasteiger charge is 2.32. The minimum Gasteiger partial charge on any atom is -0.356 e. The number of nitrogens with zero attached hydrogens (tertiary/aromatic N) is 3. The van der Waals surface area contributed by atoms with Gasteiger partial charge in [-0.05, 0) is 51.6 Å². The first kappa shape index (κ1) is 23.5. The van der Waals surface area contributed by atoms with Crippen LogP contribution in [0.4, 0.5) is 13.2 Å². The summed E-state index contributed by atoms with van der Waals surface area (Å²) in [4.78, 5) is 19.0. The number of aliphatic imine (C=N–C) groups is 1. The summed E-state index contributed by atoms with van der Waals surface area (Å²) in [5.41, 5.74) is 0. The zero-order valence-corrected chi connectivity index (χ0v) is 16.9. The van der Waals surface area contributed by atoms with Gasteiger partial charge in [-0.25, -0.2) is 4.99 Å². The summed E-state index contributed by atoms with van der Waals surface area (Å²) in [6, 6.07) is 0.233. The van der Waals surface area contributed by atoms with Crippen LogP contribution < -0.4 is 10.6 Å². The lowest BCUT2D eigenvalue weighted by Gasteiger charge is -2.32. The summed E-state index contributed by atoms with van der Waals surface area (Å²) in [5.74, 6) is 0.946. The van der Waals surface area contributed by atoms with Gasteiger partial charge in [0.1, 0.15) is 6.54 Å². The summed E-state index contributed by atoms with van der Waals surface area (Å²) >= 11 is 0. The standard InChI is InChI=1S/C18H34F3N5O/c1-5-14(2)24-17(23-12-16(27)25(3)4)22-9-6-15-7-10-26(11-8-15)13-18(19,20)21/h14-15H,5-13H2,1-4H3,(H2,22,23,24). The Hall–Kier alpha value is -1.51. The first-order valence-electron chi connectivity index (χ1n) is 9.64. The number of carbonyl (C=O) groups is 1. The van der Waals surface area contributed by atoms with Crippen LogP contribution in [0.2, 0.25) is 0 Å². The van der Waals surface area contributed by atoms with E-state index in [1.807, 2.05) is 6.92 Å². The molecular formula is C18H34F3N5O. The Kier molecular flexibility index (Phi) is 9.90. The maximum Gasteiger partial charge on any atom is 0.401 e. The number of alkyl halides is 3. The Bertz CT molecular complexity index is 474. The molecule has 1 rings (SSSR count). The molecule has 0 radical (unpaired) electrons. The van der Waals surface area contributed by atoms with Crippen LogP contribution in [-0.2, 0) is 4.79 Å². The number of hydrogen-bond acceptors (Lipinski definition) is 3. The van der Waals surface area contributed by atoms with Gasteiger partial charge < -0.3 is 15.5 Å². The van der Waals surface area contributed by atoms with Crippen molar-refractivity contribution in [2.45, 2.75) is 51.7 Å². The molecule has 1 unspecified atom stereocenters.